The monoisotopic (exact) mass is 370 g/mol. The topological polar surface area (TPSA) is 41.6 Å². The van der Waals surface area contributed by atoms with E-state index in [2.05, 4.69) is 40.5 Å². The van der Waals surface area contributed by atoms with E-state index in [1.54, 1.807) is 11.3 Å². The molecule has 0 spiro atoms. The molecule has 1 aliphatic carbocycles. The number of carbonyl (C=O) groups is 1. The van der Waals surface area contributed by atoms with Crippen molar-refractivity contribution in [3.63, 3.8) is 0 Å². The second-order valence-corrected chi connectivity index (χ2v) is 8.19. The van der Waals surface area contributed by atoms with Gasteiger partial charge in [-0.25, -0.2) is 0 Å². The summed E-state index contributed by atoms with van der Waals surface area (Å²) in [5, 5.41) is 3.19. The highest BCUT2D eigenvalue weighted by molar-refractivity contribution is 7.14. The molecule has 4 rings (SSSR count). The number of ether oxygens (including phenoxy) is 1. The molecule has 26 heavy (non-hydrogen) atoms. The third kappa shape index (κ3) is 4.00. The summed E-state index contributed by atoms with van der Waals surface area (Å²) in [5.41, 5.74) is 2.64. The fourth-order valence-corrected chi connectivity index (χ4v) is 5.07. The molecular weight excluding hydrogens is 344 g/mol. The summed E-state index contributed by atoms with van der Waals surface area (Å²) in [6.45, 7) is 3.96. The highest BCUT2D eigenvalue weighted by Gasteiger charge is 2.24. The van der Waals surface area contributed by atoms with Gasteiger partial charge in [-0.3, -0.25) is 9.69 Å². The Morgan fingerprint density at radius 3 is 2.69 bits per heavy atom. The minimum absolute atomic E-state index is 0.0681. The molecule has 2 aliphatic rings. The Balaban J connectivity index is 1.45. The number of rotatable bonds is 5. The van der Waals surface area contributed by atoms with Crippen molar-refractivity contribution in [2.24, 2.45) is 0 Å². The van der Waals surface area contributed by atoms with Crippen molar-refractivity contribution in [1.82, 2.24) is 10.2 Å². The van der Waals surface area contributed by atoms with Crippen LogP contribution in [-0.2, 0) is 17.6 Å². The van der Waals surface area contributed by atoms with Gasteiger partial charge >= 0.3 is 0 Å². The summed E-state index contributed by atoms with van der Waals surface area (Å²) in [7, 11) is 0. The van der Waals surface area contributed by atoms with Crippen molar-refractivity contribution >= 4 is 17.2 Å². The van der Waals surface area contributed by atoms with E-state index in [1.807, 2.05) is 6.07 Å². The van der Waals surface area contributed by atoms with Crippen molar-refractivity contribution in [1.29, 1.82) is 0 Å². The Labute approximate surface area is 159 Å². The molecule has 138 valence electrons. The summed E-state index contributed by atoms with van der Waals surface area (Å²) < 4.78 is 5.50. The van der Waals surface area contributed by atoms with Gasteiger partial charge in [-0.1, -0.05) is 30.3 Å². The molecule has 1 fully saturated rings. The fraction of sp³-hybridized carbons (Fsp3) is 0.476. The first-order valence-corrected chi connectivity index (χ1v) is 10.4. The largest absolute Gasteiger partial charge is 0.379 e. The molecule has 1 aromatic carbocycles. The van der Waals surface area contributed by atoms with Crippen LogP contribution in [-0.4, -0.2) is 43.7 Å². The predicted molar refractivity (Wildman–Crippen MR) is 105 cm³/mol. The first-order valence-electron chi connectivity index (χ1n) is 9.58. The van der Waals surface area contributed by atoms with Gasteiger partial charge in [0, 0.05) is 24.5 Å². The molecule has 2 heterocycles. The van der Waals surface area contributed by atoms with Crippen molar-refractivity contribution in [2.45, 2.75) is 31.7 Å². The van der Waals surface area contributed by atoms with E-state index >= 15 is 0 Å². The average molecular weight is 371 g/mol. The van der Waals surface area contributed by atoms with Crippen molar-refractivity contribution < 1.29 is 9.53 Å². The molecule has 4 nitrogen and oxygen atoms in total. The molecule has 1 aliphatic heterocycles. The molecule has 1 amide bonds. The fourth-order valence-electron chi connectivity index (χ4n) is 3.90. The summed E-state index contributed by atoms with van der Waals surface area (Å²) in [5.74, 6) is 0.0681. The molecule has 1 N–H and O–H groups in total. The molecule has 1 saturated heterocycles. The number of benzene rings is 1. The Morgan fingerprint density at radius 1 is 1.15 bits per heavy atom. The first-order chi connectivity index (χ1) is 12.8. The number of hydrogen-bond acceptors (Lipinski definition) is 4. The van der Waals surface area contributed by atoms with Gasteiger partial charge in [0.2, 0.25) is 0 Å². The van der Waals surface area contributed by atoms with E-state index in [0.29, 0.717) is 6.54 Å². The number of amides is 1. The zero-order valence-electron chi connectivity index (χ0n) is 15.1. The quantitative estimate of drug-likeness (QED) is 0.877. The highest BCUT2D eigenvalue weighted by atomic mass is 32.1. The molecule has 1 unspecified atom stereocenters. The van der Waals surface area contributed by atoms with Gasteiger partial charge in [0.1, 0.15) is 0 Å². The molecular formula is C21H26N2O2S. The smallest absolute Gasteiger partial charge is 0.261 e. The standard InChI is InChI=1S/C21H26N2O2S/c24-21(20-14-17-8-4-5-9-19(17)26-20)22-15-18(16-6-2-1-3-7-16)23-10-12-25-13-11-23/h1-3,6-7,14,18H,4-5,8-13,15H2,(H,22,24). The normalized spacial score (nSPS) is 18.9. The second-order valence-electron chi connectivity index (χ2n) is 7.05. The Kier molecular flexibility index (Phi) is 5.68. The minimum Gasteiger partial charge on any atom is -0.379 e. The van der Waals surface area contributed by atoms with E-state index in [4.69, 9.17) is 4.74 Å². The van der Waals surface area contributed by atoms with E-state index in [-0.39, 0.29) is 11.9 Å². The van der Waals surface area contributed by atoms with Crippen LogP contribution in [0.3, 0.4) is 0 Å². The summed E-state index contributed by atoms with van der Waals surface area (Å²) in [6.07, 6.45) is 4.76. The van der Waals surface area contributed by atoms with Gasteiger partial charge < -0.3 is 10.1 Å². The van der Waals surface area contributed by atoms with Crippen LogP contribution in [0.25, 0.3) is 0 Å². The van der Waals surface area contributed by atoms with E-state index in [9.17, 15) is 4.79 Å². The van der Waals surface area contributed by atoms with E-state index in [0.717, 1.165) is 44.0 Å². The minimum atomic E-state index is 0.0681. The van der Waals surface area contributed by atoms with Crippen LogP contribution in [0.2, 0.25) is 0 Å². The van der Waals surface area contributed by atoms with Gasteiger partial charge in [-0.2, -0.15) is 0 Å². The van der Waals surface area contributed by atoms with Crippen LogP contribution in [0, 0.1) is 0 Å². The zero-order valence-corrected chi connectivity index (χ0v) is 15.9. The van der Waals surface area contributed by atoms with Gasteiger partial charge in [0.15, 0.2) is 0 Å². The van der Waals surface area contributed by atoms with E-state index in [1.165, 1.54) is 28.8 Å². The van der Waals surface area contributed by atoms with Crippen LogP contribution >= 0.6 is 11.3 Å². The van der Waals surface area contributed by atoms with Crippen LogP contribution in [0.5, 0.6) is 0 Å². The lowest BCUT2D eigenvalue weighted by Crippen LogP contribution is -2.43. The van der Waals surface area contributed by atoms with E-state index < -0.39 is 0 Å². The van der Waals surface area contributed by atoms with Gasteiger partial charge in [-0.05, 0) is 42.9 Å². The van der Waals surface area contributed by atoms with Crippen molar-refractivity contribution in [3.05, 3.63) is 57.3 Å². The van der Waals surface area contributed by atoms with Crippen molar-refractivity contribution in [3.8, 4) is 0 Å². The molecule has 5 heteroatoms. The second kappa shape index (κ2) is 8.33. The molecule has 0 bridgehead atoms. The molecule has 1 aromatic heterocycles. The van der Waals surface area contributed by atoms with Crippen LogP contribution in [0.15, 0.2) is 36.4 Å². The summed E-state index contributed by atoms with van der Waals surface area (Å²) in [4.78, 5) is 17.4. The maximum absolute atomic E-state index is 12.7. The first kappa shape index (κ1) is 17.7. The molecule has 0 saturated carbocycles. The molecule has 1 atom stereocenters. The lowest BCUT2D eigenvalue weighted by atomic mass is 9.99. The number of aryl methyl sites for hydroxylation is 2. The number of hydrogen-bond donors (Lipinski definition) is 1. The number of thiophene rings is 1. The van der Waals surface area contributed by atoms with Crippen LogP contribution in [0.4, 0.5) is 0 Å². The lowest BCUT2D eigenvalue weighted by molar-refractivity contribution is 0.0162. The van der Waals surface area contributed by atoms with Gasteiger partial charge in [0.05, 0.1) is 24.1 Å². The van der Waals surface area contributed by atoms with Crippen LogP contribution in [0.1, 0.15) is 44.6 Å². The molecule has 2 aromatic rings. The average Bonchev–Trinajstić information content (AvgIpc) is 3.14. The number of carbonyl (C=O) groups excluding carboxylic acids is 1. The lowest BCUT2D eigenvalue weighted by Gasteiger charge is -2.34. The third-order valence-corrected chi connectivity index (χ3v) is 6.58. The highest BCUT2D eigenvalue weighted by Crippen LogP contribution is 2.30. The zero-order chi connectivity index (χ0) is 17.8. The number of fused-ring (bicyclic) bond motifs is 1. The Hall–Kier alpha value is -1.69. The van der Waals surface area contributed by atoms with Gasteiger partial charge in [-0.15, -0.1) is 11.3 Å². The Morgan fingerprint density at radius 2 is 1.92 bits per heavy atom. The van der Waals surface area contributed by atoms with Crippen LogP contribution < -0.4 is 5.32 Å². The SMILES string of the molecule is O=C(NCC(c1ccccc1)N1CCOCC1)c1cc2c(s1)CCCC2. The summed E-state index contributed by atoms with van der Waals surface area (Å²) >= 11 is 1.68. The molecule has 0 radical (unpaired) electrons. The number of morpholine rings is 1. The van der Waals surface area contributed by atoms with Gasteiger partial charge in [0.25, 0.3) is 5.91 Å². The summed E-state index contributed by atoms with van der Waals surface area (Å²) in [6, 6.07) is 12.8. The number of nitrogens with zero attached hydrogens (tertiary/aromatic N) is 1. The van der Waals surface area contributed by atoms with Crippen molar-refractivity contribution in [2.75, 3.05) is 32.8 Å². The maximum atomic E-state index is 12.7. The maximum Gasteiger partial charge on any atom is 0.261 e. The Bertz CT molecular complexity index is 714. The predicted octanol–water partition coefficient (Wildman–Crippen LogP) is 3.43. The third-order valence-electron chi connectivity index (χ3n) is 5.35. The number of nitrogens with one attached hydrogen (secondary N) is 1.